The molecule has 0 bridgehead atoms. The van der Waals surface area contributed by atoms with Gasteiger partial charge in [-0.05, 0) is 37.3 Å². The van der Waals surface area contributed by atoms with Crippen molar-refractivity contribution in [3.05, 3.63) is 17.7 Å². The van der Waals surface area contributed by atoms with Crippen LogP contribution in [0.25, 0.3) is 0 Å². The van der Waals surface area contributed by atoms with Crippen LogP contribution in [0, 0.1) is 5.92 Å². The maximum Gasteiger partial charge on any atom is 0.416 e. The molecule has 0 saturated heterocycles. The average Bonchev–Trinajstić information content (AvgIpc) is 3.16. The van der Waals surface area contributed by atoms with Gasteiger partial charge in [0, 0.05) is 13.1 Å². The molecular weight excluding hydrogens is 255 g/mol. The molecule has 1 aliphatic carbocycles. The van der Waals surface area contributed by atoms with Crippen molar-refractivity contribution in [3.63, 3.8) is 0 Å². The molecule has 0 aromatic carbocycles. The van der Waals surface area contributed by atoms with Gasteiger partial charge in [0.2, 0.25) is 0 Å². The molecule has 0 amide bonds. The van der Waals surface area contributed by atoms with E-state index in [2.05, 4.69) is 15.6 Å². The number of alkyl halides is 3. The van der Waals surface area contributed by atoms with E-state index in [1.54, 1.807) is 0 Å². The summed E-state index contributed by atoms with van der Waals surface area (Å²) in [4.78, 5) is 4.16. The van der Waals surface area contributed by atoms with E-state index >= 15 is 0 Å². The second kappa shape index (κ2) is 5.67. The van der Waals surface area contributed by atoms with E-state index in [0.29, 0.717) is 24.8 Å². The van der Waals surface area contributed by atoms with Crippen molar-refractivity contribution in [2.75, 3.05) is 23.7 Å². The van der Waals surface area contributed by atoms with E-state index in [0.717, 1.165) is 31.4 Å². The van der Waals surface area contributed by atoms with Crippen LogP contribution in [0.2, 0.25) is 0 Å². The fourth-order valence-electron chi connectivity index (χ4n) is 1.70. The molecule has 1 heterocycles. The second-order valence-electron chi connectivity index (χ2n) is 4.88. The Bertz CT molecular complexity index is 428. The maximum atomic E-state index is 12.8. The quantitative estimate of drug-likeness (QED) is 0.829. The Kier molecular flexibility index (Phi) is 4.17. The van der Waals surface area contributed by atoms with Crippen LogP contribution < -0.4 is 10.6 Å². The van der Waals surface area contributed by atoms with E-state index in [1.165, 1.54) is 0 Å². The van der Waals surface area contributed by atoms with Crippen molar-refractivity contribution < 1.29 is 13.2 Å². The van der Waals surface area contributed by atoms with Gasteiger partial charge in [-0.15, -0.1) is 0 Å². The first kappa shape index (κ1) is 14.0. The zero-order valence-corrected chi connectivity index (χ0v) is 10.8. The normalized spacial score (nSPS) is 15.4. The predicted molar refractivity (Wildman–Crippen MR) is 69.2 cm³/mol. The molecule has 0 radical (unpaired) electrons. The number of hydrogen-bond donors (Lipinski definition) is 2. The first-order valence-electron chi connectivity index (χ1n) is 6.56. The summed E-state index contributed by atoms with van der Waals surface area (Å²) in [5, 5.41) is 5.88. The molecule has 1 aromatic rings. The Morgan fingerprint density at radius 1 is 1.21 bits per heavy atom. The van der Waals surface area contributed by atoms with Crippen LogP contribution in [-0.2, 0) is 6.18 Å². The van der Waals surface area contributed by atoms with Crippen molar-refractivity contribution in [2.24, 2.45) is 5.92 Å². The highest BCUT2D eigenvalue weighted by Gasteiger charge is 2.32. The molecule has 0 spiro atoms. The number of aromatic nitrogens is 1. The van der Waals surface area contributed by atoms with Gasteiger partial charge < -0.3 is 10.6 Å². The summed E-state index contributed by atoms with van der Waals surface area (Å²) in [6.07, 6.45) is -1.22. The minimum absolute atomic E-state index is 0.273. The second-order valence-corrected chi connectivity index (χ2v) is 4.88. The summed E-state index contributed by atoms with van der Waals surface area (Å²) in [6.45, 7) is 3.25. The molecule has 6 heteroatoms. The van der Waals surface area contributed by atoms with Crippen LogP contribution in [0.15, 0.2) is 12.1 Å². The van der Waals surface area contributed by atoms with Crippen molar-refractivity contribution in [2.45, 2.75) is 32.4 Å². The SMILES string of the molecule is CCCNc1cc(C(F)(F)F)cc(NCC2CC2)n1. The van der Waals surface area contributed by atoms with Gasteiger partial charge in [0.25, 0.3) is 0 Å². The lowest BCUT2D eigenvalue weighted by Crippen LogP contribution is -2.12. The molecule has 0 aliphatic heterocycles. The van der Waals surface area contributed by atoms with Gasteiger partial charge in [-0.2, -0.15) is 13.2 Å². The molecule has 1 aliphatic rings. The molecule has 3 nitrogen and oxygen atoms in total. The average molecular weight is 273 g/mol. The van der Waals surface area contributed by atoms with Gasteiger partial charge >= 0.3 is 6.18 Å². The van der Waals surface area contributed by atoms with Gasteiger partial charge in [-0.25, -0.2) is 4.98 Å². The van der Waals surface area contributed by atoms with Crippen molar-refractivity contribution >= 4 is 11.6 Å². The standard InChI is InChI=1S/C13H18F3N3/c1-2-5-17-11-6-10(13(14,15)16)7-12(19-11)18-8-9-3-4-9/h6-7,9H,2-5,8H2,1H3,(H2,17,18,19). The molecule has 1 fully saturated rings. The minimum Gasteiger partial charge on any atom is -0.370 e. The largest absolute Gasteiger partial charge is 0.416 e. The fourth-order valence-corrected chi connectivity index (χ4v) is 1.70. The highest BCUT2D eigenvalue weighted by atomic mass is 19.4. The number of rotatable bonds is 6. The Balaban J connectivity index is 2.14. The molecule has 19 heavy (non-hydrogen) atoms. The third kappa shape index (κ3) is 4.29. The van der Waals surface area contributed by atoms with Crippen molar-refractivity contribution in [1.29, 1.82) is 0 Å². The zero-order valence-electron chi connectivity index (χ0n) is 10.8. The smallest absolute Gasteiger partial charge is 0.370 e. The molecule has 1 saturated carbocycles. The molecule has 1 aromatic heterocycles. The molecule has 0 atom stereocenters. The summed E-state index contributed by atoms with van der Waals surface area (Å²) >= 11 is 0. The van der Waals surface area contributed by atoms with Crippen LogP contribution in [-0.4, -0.2) is 18.1 Å². The number of hydrogen-bond acceptors (Lipinski definition) is 3. The number of pyridine rings is 1. The van der Waals surface area contributed by atoms with Crippen LogP contribution in [0.4, 0.5) is 24.8 Å². The first-order valence-corrected chi connectivity index (χ1v) is 6.56. The van der Waals surface area contributed by atoms with Crippen LogP contribution >= 0.6 is 0 Å². The van der Waals surface area contributed by atoms with E-state index < -0.39 is 11.7 Å². The fraction of sp³-hybridized carbons (Fsp3) is 0.615. The Hall–Kier alpha value is -1.46. The summed E-state index contributed by atoms with van der Waals surface area (Å²) in [7, 11) is 0. The number of anilines is 2. The lowest BCUT2D eigenvalue weighted by molar-refractivity contribution is -0.137. The highest BCUT2D eigenvalue weighted by Crippen LogP contribution is 2.33. The van der Waals surface area contributed by atoms with E-state index in [9.17, 15) is 13.2 Å². The van der Waals surface area contributed by atoms with Crippen LogP contribution in [0.3, 0.4) is 0 Å². The van der Waals surface area contributed by atoms with Gasteiger partial charge in [-0.1, -0.05) is 6.92 Å². The van der Waals surface area contributed by atoms with Crippen molar-refractivity contribution in [1.82, 2.24) is 4.98 Å². The number of nitrogens with one attached hydrogen (secondary N) is 2. The first-order chi connectivity index (χ1) is 8.99. The Morgan fingerprint density at radius 3 is 2.37 bits per heavy atom. The van der Waals surface area contributed by atoms with E-state index in [-0.39, 0.29) is 5.82 Å². The lowest BCUT2D eigenvalue weighted by Gasteiger charge is -2.13. The van der Waals surface area contributed by atoms with Crippen LogP contribution in [0.5, 0.6) is 0 Å². The van der Waals surface area contributed by atoms with Gasteiger partial charge in [0.05, 0.1) is 5.56 Å². The molecule has 2 rings (SSSR count). The Labute approximate surface area is 110 Å². The predicted octanol–water partition coefficient (Wildman–Crippen LogP) is 3.74. The summed E-state index contributed by atoms with van der Waals surface area (Å²) in [6, 6.07) is 2.12. The van der Waals surface area contributed by atoms with Gasteiger partial charge in [0.1, 0.15) is 11.6 Å². The van der Waals surface area contributed by atoms with E-state index in [4.69, 9.17) is 0 Å². The third-order valence-corrected chi connectivity index (χ3v) is 2.98. The monoisotopic (exact) mass is 273 g/mol. The lowest BCUT2D eigenvalue weighted by atomic mass is 10.2. The maximum absolute atomic E-state index is 12.8. The summed E-state index contributed by atoms with van der Waals surface area (Å²) in [5.41, 5.74) is -0.667. The summed E-state index contributed by atoms with van der Waals surface area (Å²) < 4.78 is 38.4. The van der Waals surface area contributed by atoms with Crippen molar-refractivity contribution in [3.8, 4) is 0 Å². The van der Waals surface area contributed by atoms with E-state index in [1.807, 2.05) is 6.92 Å². The number of halogens is 3. The summed E-state index contributed by atoms with van der Waals surface area (Å²) in [5.74, 6) is 1.15. The Morgan fingerprint density at radius 2 is 1.84 bits per heavy atom. The molecule has 106 valence electrons. The third-order valence-electron chi connectivity index (χ3n) is 2.98. The van der Waals surface area contributed by atoms with Crippen LogP contribution in [0.1, 0.15) is 31.7 Å². The molecular formula is C13H18F3N3. The highest BCUT2D eigenvalue weighted by molar-refractivity contribution is 5.49. The topological polar surface area (TPSA) is 37.0 Å². The van der Waals surface area contributed by atoms with Gasteiger partial charge in [0.15, 0.2) is 0 Å². The molecule has 0 unspecified atom stereocenters. The molecule has 2 N–H and O–H groups in total. The zero-order chi connectivity index (χ0) is 13.9. The van der Waals surface area contributed by atoms with Gasteiger partial charge in [-0.3, -0.25) is 0 Å². The number of nitrogens with zero attached hydrogens (tertiary/aromatic N) is 1. The minimum atomic E-state index is -4.35.